The average Bonchev–Trinajstić information content (AvgIpc) is 2.82. The van der Waals surface area contributed by atoms with Gasteiger partial charge in [0.25, 0.3) is 0 Å². The minimum atomic E-state index is -0.651. The van der Waals surface area contributed by atoms with Crippen molar-refractivity contribution in [3.8, 4) is 0 Å². The van der Waals surface area contributed by atoms with Crippen LogP contribution in [0.2, 0.25) is 0 Å². The van der Waals surface area contributed by atoms with Crippen LogP contribution in [-0.4, -0.2) is 28.9 Å². The van der Waals surface area contributed by atoms with Gasteiger partial charge in [-0.3, -0.25) is 9.78 Å². The summed E-state index contributed by atoms with van der Waals surface area (Å²) < 4.78 is 0. The maximum absolute atomic E-state index is 12.7. The second-order valence-corrected chi connectivity index (χ2v) is 5.99. The third-order valence-electron chi connectivity index (χ3n) is 4.11. The zero-order valence-electron chi connectivity index (χ0n) is 12.0. The maximum Gasteiger partial charge on any atom is 0.245 e. The predicted octanol–water partition coefficient (Wildman–Crippen LogP) is 3.92. The Morgan fingerprint density at radius 2 is 1.81 bits per heavy atom. The van der Waals surface area contributed by atoms with Gasteiger partial charge in [-0.15, -0.1) is 11.6 Å². The van der Waals surface area contributed by atoms with Crippen LogP contribution < -0.4 is 0 Å². The van der Waals surface area contributed by atoms with Crippen molar-refractivity contribution in [2.75, 3.05) is 13.1 Å². The van der Waals surface area contributed by atoms with Crippen molar-refractivity contribution in [2.45, 2.75) is 31.1 Å². The summed E-state index contributed by atoms with van der Waals surface area (Å²) in [5.41, 5.74) is 0.809. The molecule has 1 fully saturated rings. The highest BCUT2D eigenvalue weighted by atomic mass is 35.5. The van der Waals surface area contributed by atoms with Gasteiger partial charge >= 0.3 is 0 Å². The number of hydrogen-bond acceptors (Lipinski definition) is 2. The monoisotopic (exact) mass is 302 g/mol. The van der Waals surface area contributed by atoms with Crippen LogP contribution in [0.3, 0.4) is 0 Å². The van der Waals surface area contributed by atoms with Crippen LogP contribution in [-0.2, 0) is 4.79 Å². The molecule has 2 heterocycles. The zero-order valence-corrected chi connectivity index (χ0v) is 12.7. The summed E-state index contributed by atoms with van der Waals surface area (Å²) in [7, 11) is 0. The average molecular weight is 303 g/mol. The first-order valence-corrected chi connectivity index (χ1v) is 7.96. The molecule has 0 bridgehead atoms. The first-order valence-electron chi connectivity index (χ1n) is 7.53. The number of amides is 1. The van der Waals surface area contributed by atoms with Crippen LogP contribution in [0.25, 0.3) is 10.8 Å². The molecule has 1 aromatic carbocycles. The van der Waals surface area contributed by atoms with Crippen molar-refractivity contribution >= 4 is 28.3 Å². The maximum atomic E-state index is 12.7. The normalized spacial score (nSPS) is 17.5. The lowest BCUT2D eigenvalue weighted by Gasteiger charge is -2.23. The van der Waals surface area contributed by atoms with Gasteiger partial charge in [-0.05, 0) is 18.2 Å². The molecular weight excluding hydrogens is 284 g/mol. The van der Waals surface area contributed by atoms with Crippen molar-refractivity contribution in [1.82, 2.24) is 9.88 Å². The number of benzene rings is 1. The number of hydrogen-bond donors (Lipinski definition) is 0. The Hall–Kier alpha value is -1.61. The lowest BCUT2D eigenvalue weighted by molar-refractivity contribution is -0.130. The SMILES string of the molecule is O=C(C(Cl)c1cncc2ccccc12)N1CCCCCC1. The van der Waals surface area contributed by atoms with E-state index < -0.39 is 5.38 Å². The van der Waals surface area contributed by atoms with Gasteiger partial charge in [0.05, 0.1) is 0 Å². The Morgan fingerprint density at radius 3 is 2.57 bits per heavy atom. The van der Waals surface area contributed by atoms with E-state index in [0.29, 0.717) is 0 Å². The molecule has 2 aromatic rings. The summed E-state index contributed by atoms with van der Waals surface area (Å²) in [6.45, 7) is 1.64. The van der Waals surface area contributed by atoms with Crippen LogP contribution >= 0.6 is 11.6 Å². The molecule has 1 saturated heterocycles. The van der Waals surface area contributed by atoms with Gasteiger partial charge in [-0.2, -0.15) is 0 Å². The van der Waals surface area contributed by atoms with Crippen LogP contribution in [0, 0.1) is 0 Å². The summed E-state index contributed by atoms with van der Waals surface area (Å²) in [6.07, 6.45) is 8.07. The zero-order chi connectivity index (χ0) is 14.7. The standard InChI is InChI=1S/C17H19ClN2O/c18-16(17(21)20-9-5-1-2-6-10-20)15-12-19-11-13-7-3-4-8-14(13)15/h3-4,7-8,11-12,16H,1-2,5-6,9-10H2. The molecule has 0 N–H and O–H groups in total. The lowest BCUT2D eigenvalue weighted by atomic mass is 10.0. The van der Waals surface area contributed by atoms with Crippen molar-refractivity contribution < 1.29 is 4.79 Å². The fraction of sp³-hybridized carbons (Fsp3) is 0.412. The first-order chi connectivity index (χ1) is 10.3. The fourth-order valence-corrected chi connectivity index (χ4v) is 3.24. The molecule has 1 aliphatic rings. The number of likely N-dealkylation sites (tertiary alicyclic amines) is 1. The molecule has 0 saturated carbocycles. The Kier molecular flexibility index (Phi) is 4.39. The molecule has 4 heteroatoms. The van der Waals surface area contributed by atoms with E-state index in [-0.39, 0.29) is 5.91 Å². The number of rotatable bonds is 2. The number of alkyl halides is 1. The van der Waals surface area contributed by atoms with E-state index in [9.17, 15) is 4.79 Å². The van der Waals surface area contributed by atoms with Crippen LogP contribution in [0.5, 0.6) is 0 Å². The summed E-state index contributed by atoms with van der Waals surface area (Å²) in [5.74, 6) is 0.0109. The Labute approximate surface area is 129 Å². The van der Waals surface area contributed by atoms with E-state index in [4.69, 9.17) is 11.6 Å². The first kappa shape index (κ1) is 14.3. The number of nitrogens with zero attached hydrogens (tertiary/aromatic N) is 2. The van der Waals surface area contributed by atoms with E-state index in [1.165, 1.54) is 12.8 Å². The Morgan fingerprint density at radius 1 is 1.10 bits per heavy atom. The Balaban J connectivity index is 1.89. The van der Waals surface area contributed by atoms with E-state index >= 15 is 0 Å². The van der Waals surface area contributed by atoms with Gasteiger partial charge in [0, 0.05) is 36.4 Å². The van der Waals surface area contributed by atoms with Crippen molar-refractivity contribution in [3.05, 3.63) is 42.2 Å². The third kappa shape index (κ3) is 3.03. The Bertz CT molecular complexity index is 630. The third-order valence-corrected chi connectivity index (χ3v) is 4.53. The fourth-order valence-electron chi connectivity index (χ4n) is 2.93. The molecule has 3 rings (SSSR count). The topological polar surface area (TPSA) is 33.2 Å². The number of carbonyl (C=O) groups is 1. The predicted molar refractivity (Wildman–Crippen MR) is 85.4 cm³/mol. The molecule has 1 amide bonds. The molecule has 1 aliphatic heterocycles. The van der Waals surface area contributed by atoms with Crippen molar-refractivity contribution in [1.29, 1.82) is 0 Å². The number of fused-ring (bicyclic) bond motifs is 1. The number of pyridine rings is 1. The summed E-state index contributed by atoms with van der Waals surface area (Å²) in [4.78, 5) is 18.8. The van der Waals surface area contributed by atoms with Crippen molar-refractivity contribution in [3.63, 3.8) is 0 Å². The highest BCUT2D eigenvalue weighted by Gasteiger charge is 2.26. The number of halogens is 1. The smallest absolute Gasteiger partial charge is 0.245 e. The molecular formula is C17H19ClN2O. The van der Waals surface area contributed by atoms with Crippen molar-refractivity contribution in [2.24, 2.45) is 0 Å². The van der Waals surface area contributed by atoms with Gasteiger partial charge in [-0.1, -0.05) is 37.1 Å². The van der Waals surface area contributed by atoms with Crippen LogP contribution in [0.4, 0.5) is 0 Å². The van der Waals surface area contributed by atoms with Gasteiger partial charge < -0.3 is 4.90 Å². The summed E-state index contributed by atoms with van der Waals surface area (Å²) in [6, 6.07) is 7.92. The highest BCUT2D eigenvalue weighted by Crippen LogP contribution is 2.29. The number of carbonyl (C=O) groups excluding carboxylic acids is 1. The highest BCUT2D eigenvalue weighted by molar-refractivity contribution is 6.31. The minimum absolute atomic E-state index is 0.0109. The van der Waals surface area contributed by atoms with E-state index in [1.54, 1.807) is 12.4 Å². The molecule has 1 atom stereocenters. The van der Waals surface area contributed by atoms with Gasteiger partial charge in [0.2, 0.25) is 5.91 Å². The van der Waals surface area contributed by atoms with E-state index in [2.05, 4.69) is 4.98 Å². The second kappa shape index (κ2) is 6.44. The summed E-state index contributed by atoms with van der Waals surface area (Å²) in [5, 5.41) is 1.38. The van der Waals surface area contributed by atoms with E-state index in [1.807, 2.05) is 29.2 Å². The molecule has 110 valence electrons. The summed E-state index contributed by atoms with van der Waals surface area (Å²) >= 11 is 6.49. The molecule has 0 aliphatic carbocycles. The van der Waals surface area contributed by atoms with Crippen LogP contribution in [0.15, 0.2) is 36.7 Å². The van der Waals surface area contributed by atoms with E-state index in [0.717, 1.165) is 42.3 Å². The van der Waals surface area contributed by atoms with Gasteiger partial charge in [0.1, 0.15) is 5.38 Å². The molecule has 0 spiro atoms. The molecule has 1 aromatic heterocycles. The second-order valence-electron chi connectivity index (χ2n) is 5.55. The quantitative estimate of drug-likeness (QED) is 0.788. The lowest BCUT2D eigenvalue weighted by Crippen LogP contribution is -2.34. The largest absolute Gasteiger partial charge is 0.341 e. The van der Waals surface area contributed by atoms with Gasteiger partial charge in [-0.25, -0.2) is 0 Å². The molecule has 21 heavy (non-hydrogen) atoms. The molecule has 1 unspecified atom stereocenters. The number of aromatic nitrogens is 1. The van der Waals surface area contributed by atoms with Crippen LogP contribution in [0.1, 0.15) is 36.6 Å². The van der Waals surface area contributed by atoms with Gasteiger partial charge in [0.15, 0.2) is 0 Å². The molecule has 3 nitrogen and oxygen atoms in total. The minimum Gasteiger partial charge on any atom is -0.341 e. The molecule has 0 radical (unpaired) electrons.